The molecule has 1 aromatic heterocycles. The summed E-state index contributed by atoms with van der Waals surface area (Å²) in [6.45, 7) is 0. The van der Waals surface area contributed by atoms with Gasteiger partial charge in [0, 0.05) is 12.2 Å². The maximum atomic E-state index is 12.3. The summed E-state index contributed by atoms with van der Waals surface area (Å²) in [5, 5.41) is 3.12. The molecule has 0 spiro atoms. The molecule has 114 valence electrons. The third-order valence-electron chi connectivity index (χ3n) is 4.26. The molecule has 1 aliphatic rings. The smallest absolute Gasteiger partial charge is 0.226 e. The second kappa shape index (κ2) is 5.80. The lowest BCUT2D eigenvalue weighted by Gasteiger charge is -2.11. The minimum absolute atomic E-state index is 0.00684. The number of carbonyl (C=O) groups excluding carboxylic acids is 1. The van der Waals surface area contributed by atoms with E-state index in [0.717, 1.165) is 23.9 Å². The lowest BCUT2D eigenvalue weighted by molar-refractivity contribution is -0.121. The molecule has 0 aliphatic heterocycles. The zero-order chi connectivity index (χ0) is 15.6. The Balaban J connectivity index is 1.42. The second-order valence-corrected chi connectivity index (χ2v) is 5.97. The number of hydrogen-bond donors (Lipinski definition) is 1. The normalized spacial score (nSPS) is 13.9. The van der Waals surface area contributed by atoms with Gasteiger partial charge in [-0.15, -0.1) is 0 Å². The van der Waals surface area contributed by atoms with E-state index in [1.807, 2.05) is 36.4 Å². The van der Waals surface area contributed by atoms with E-state index in [1.165, 1.54) is 11.1 Å². The van der Waals surface area contributed by atoms with Crippen LogP contribution in [-0.4, -0.2) is 21.9 Å². The van der Waals surface area contributed by atoms with Crippen molar-refractivity contribution in [1.29, 1.82) is 0 Å². The highest BCUT2D eigenvalue weighted by Gasteiger charge is 2.22. The van der Waals surface area contributed by atoms with Gasteiger partial charge < -0.3 is 5.32 Å². The molecule has 0 atom stereocenters. The van der Waals surface area contributed by atoms with Crippen molar-refractivity contribution in [2.24, 2.45) is 0 Å². The van der Waals surface area contributed by atoms with E-state index in [9.17, 15) is 4.79 Å². The van der Waals surface area contributed by atoms with Crippen LogP contribution in [0, 0.1) is 0 Å². The molecular weight excluding hydrogens is 286 g/mol. The highest BCUT2D eigenvalue weighted by Crippen LogP contribution is 2.21. The largest absolute Gasteiger partial charge is 0.352 e. The summed E-state index contributed by atoms with van der Waals surface area (Å²) in [5.74, 6) is 0.00684. The van der Waals surface area contributed by atoms with E-state index in [4.69, 9.17) is 0 Å². The van der Waals surface area contributed by atoms with Gasteiger partial charge in [-0.1, -0.05) is 36.4 Å². The van der Waals surface area contributed by atoms with Crippen LogP contribution in [0.4, 0.5) is 0 Å². The monoisotopic (exact) mass is 303 g/mol. The topological polar surface area (TPSA) is 54.9 Å². The van der Waals surface area contributed by atoms with Crippen molar-refractivity contribution >= 4 is 16.9 Å². The summed E-state index contributed by atoms with van der Waals surface area (Å²) >= 11 is 0. The van der Waals surface area contributed by atoms with Gasteiger partial charge in [-0.05, 0) is 36.1 Å². The zero-order valence-electron chi connectivity index (χ0n) is 12.7. The van der Waals surface area contributed by atoms with Gasteiger partial charge in [0.2, 0.25) is 5.91 Å². The Kier molecular flexibility index (Phi) is 3.50. The van der Waals surface area contributed by atoms with Crippen LogP contribution in [0.15, 0.2) is 54.7 Å². The molecule has 1 heterocycles. The fourth-order valence-corrected chi connectivity index (χ4v) is 3.18. The fourth-order valence-electron chi connectivity index (χ4n) is 3.18. The summed E-state index contributed by atoms with van der Waals surface area (Å²) in [5.41, 5.74) is 5.05. The highest BCUT2D eigenvalue weighted by atomic mass is 16.1. The third-order valence-corrected chi connectivity index (χ3v) is 4.26. The van der Waals surface area contributed by atoms with Crippen molar-refractivity contribution in [1.82, 2.24) is 15.3 Å². The Bertz CT molecular complexity index is 850. The highest BCUT2D eigenvalue weighted by molar-refractivity contribution is 5.80. The summed E-state index contributed by atoms with van der Waals surface area (Å²) in [4.78, 5) is 21.1. The molecule has 0 saturated carbocycles. The predicted octanol–water partition coefficient (Wildman–Crippen LogP) is 2.46. The first-order chi connectivity index (χ1) is 11.3. The molecule has 0 fully saturated rings. The molecular formula is C19H17N3O. The van der Waals surface area contributed by atoms with E-state index in [0.29, 0.717) is 5.69 Å². The van der Waals surface area contributed by atoms with Crippen LogP contribution in [0.2, 0.25) is 0 Å². The van der Waals surface area contributed by atoms with Gasteiger partial charge in [0.1, 0.15) is 0 Å². The Morgan fingerprint density at radius 3 is 2.39 bits per heavy atom. The van der Waals surface area contributed by atoms with E-state index < -0.39 is 0 Å². The number of aromatic nitrogens is 2. The molecule has 4 heteroatoms. The van der Waals surface area contributed by atoms with Gasteiger partial charge in [0.25, 0.3) is 0 Å². The van der Waals surface area contributed by atoms with Crippen molar-refractivity contribution in [3.63, 3.8) is 0 Å². The molecule has 23 heavy (non-hydrogen) atoms. The summed E-state index contributed by atoms with van der Waals surface area (Å²) in [7, 11) is 0. The zero-order valence-corrected chi connectivity index (χ0v) is 12.7. The molecule has 4 rings (SSSR count). The van der Waals surface area contributed by atoms with Gasteiger partial charge in [-0.2, -0.15) is 0 Å². The first kappa shape index (κ1) is 13.9. The van der Waals surface area contributed by atoms with Gasteiger partial charge >= 0.3 is 0 Å². The summed E-state index contributed by atoms with van der Waals surface area (Å²) in [6.07, 6.45) is 3.77. The quantitative estimate of drug-likeness (QED) is 0.808. The van der Waals surface area contributed by atoms with Gasteiger partial charge in [0.15, 0.2) is 0 Å². The van der Waals surface area contributed by atoms with Crippen molar-refractivity contribution in [2.45, 2.75) is 25.3 Å². The lowest BCUT2D eigenvalue weighted by Crippen LogP contribution is -2.36. The maximum Gasteiger partial charge on any atom is 0.226 e. The summed E-state index contributed by atoms with van der Waals surface area (Å²) in [6, 6.07) is 16.2. The maximum absolute atomic E-state index is 12.3. The standard InChI is InChI=1S/C19H17N3O/c23-19(22-15-9-13-5-1-2-6-14(13)10-15)11-16-12-20-17-7-3-4-8-18(17)21-16/h1-8,12,15H,9-11H2,(H,22,23). The number of nitrogens with zero attached hydrogens (tertiary/aromatic N) is 2. The molecule has 1 aliphatic carbocycles. The molecule has 4 nitrogen and oxygen atoms in total. The van der Waals surface area contributed by atoms with Crippen LogP contribution >= 0.6 is 0 Å². The number of nitrogens with one attached hydrogen (secondary N) is 1. The molecule has 0 radical (unpaired) electrons. The summed E-state index contributed by atoms with van der Waals surface area (Å²) < 4.78 is 0. The van der Waals surface area contributed by atoms with Gasteiger partial charge in [-0.25, -0.2) is 4.98 Å². The van der Waals surface area contributed by atoms with Crippen molar-refractivity contribution < 1.29 is 4.79 Å². The average molecular weight is 303 g/mol. The van der Waals surface area contributed by atoms with E-state index in [2.05, 4.69) is 27.4 Å². The average Bonchev–Trinajstić information content (AvgIpc) is 2.96. The van der Waals surface area contributed by atoms with Crippen LogP contribution in [0.25, 0.3) is 11.0 Å². The first-order valence-electron chi connectivity index (χ1n) is 7.85. The Hall–Kier alpha value is -2.75. The van der Waals surface area contributed by atoms with E-state index in [1.54, 1.807) is 6.20 Å². The number of carbonyl (C=O) groups is 1. The molecule has 0 saturated heterocycles. The molecule has 0 bridgehead atoms. The number of fused-ring (bicyclic) bond motifs is 2. The molecule has 1 amide bonds. The molecule has 0 unspecified atom stereocenters. The number of para-hydroxylation sites is 2. The van der Waals surface area contributed by atoms with Crippen LogP contribution in [-0.2, 0) is 24.1 Å². The predicted molar refractivity (Wildman–Crippen MR) is 89.0 cm³/mol. The van der Waals surface area contributed by atoms with Crippen LogP contribution in [0.3, 0.4) is 0 Å². The van der Waals surface area contributed by atoms with Crippen molar-refractivity contribution in [3.8, 4) is 0 Å². The Labute approximate surface area is 134 Å². The fraction of sp³-hybridized carbons (Fsp3) is 0.211. The van der Waals surface area contributed by atoms with Gasteiger partial charge in [0.05, 0.1) is 23.1 Å². The second-order valence-electron chi connectivity index (χ2n) is 5.97. The molecule has 1 N–H and O–H groups in total. The minimum atomic E-state index is 0.00684. The third kappa shape index (κ3) is 2.93. The van der Waals surface area contributed by atoms with Gasteiger partial charge in [-0.3, -0.25) is 9.78 Å². The minimum Gasteiger partial charge on any atom is -0.352 e. The first-order valence-corrected chi connectivity index (χ1v) is 7.85. The number of hydrogen-bond acceptors (Lipinski definition) is 3. The number of amides is 1. The number of benzene rings is 2. The SMILES string of the molecule is O=C(Cc1cnc2ccccc2n1)NC1Cc2ccccc2C1. The van der Waals surface area contributed by atoms with Crippen LogP contribution < -0.4 is 5.32 Å². The van der Waals surface area contributed by atoms with E-state index in [-0.39, 0.29) is 18.4 Å². The Morgan fingerprint density at radius 2 is 1.65 bits per heavy atom. The Morgan fingerprint density at radius 1 is 1.00 bits per heavy atom. The van der Waals surface area contributed by atoms with Crippen LogP contribution in [0.1, 0.15) is 16.8 Å². The van der Waals surface area contributed by atoms with Crippen LogP contribution in [0.5, 0.6) is 0 Å². The van der Waals surface area contributed by atoms with Crippen molar-refractivity contribution in [3.05, 3.63) is 71.5 Å². The lowest BCUT2D eigenvalue weighted by atomic mass is 10.1. The molecule has 2 aromatic carbocycles. The number of rotatable bonds is 3. The molecule has 3 aromatic rings. The van der Waals surface area contributed by atoms with Crippen molar-refractivity contribution in [2.75, 3.05) is 0 Å². The van der Waals surface area contributed by atoms with E-state index >= 15 is 0 Å².